The lowest BCUT2D eigenvalue weighted by atomic mass is 9.91. The van der Waals surface area contributed by atoms with Crippen LogP contribution < -0.4 is 28.3 Å². The molecule has 0 aliphatic carbocycles. The summed E-state index contributed by atoms with van der Waals surface area (Å²) < 4.78 is 0. The maximum atomic E-state index is 12.0. The maximum absolute atomic E-state index is 12.0. The smallest absolute Gasteiger partial charge is 0.267 e. The molecule has 1 heterocycles. The third kappa shape index (κ3) is 3.08. The summed E-state index contributed by atoms with van der Waals surface area (Å²) in [4.78, 5) is 16.7. The fourth-order valence-corrected chi connectivity index (χ4v) is 3.12. The fraction of sp³-hybridized carbons (Fsp3) is 0.105. The van der Waals surface area contributed by atoms with Gasteiger partial charge in [-0.05, 0) is 36.2 Å². The summed E-state index contributed by atoms with van der Waals surface area (Å²) in [6, 6.07) is 9.93. The first kappa shape index (κ1) is 18.0. The first-order valence-corrected chi connectivity index (χ1v) is 8.23. The summed E-state index contributed by atoms with van der Waals surface area (Å²) in [6.45, 7) is 1.87. The lowest BCUT2D eigenvalue weighted by molar-refractivity contribution is -0.114. The Hall–Kier alpha value is -3.81. The van der Waals surface area contributed by atoms with Crippen LogP contribution in [0.4, 0.5) is 11.4 Å². The Bertz CT molecular complexity index is 1010. The average molecular weight is 363 g/mol. The number of anilines is 2. The Kier molecular flexibility index (Phi) is 4.55. The number of nitrogens with zero attached hydrogens (tertiary/aromatic N) is 1. The van der Waals surface area contributed by atoms with Crippen LogP contribution in [-0.2, 0) is 4.79 Å². The summed E-state index contributed by atoms with van der Waals surface area (Å²) in [7, 11) is 0. The topological polar surface area (TPSA) is 169 Å². The van der Waals surface area contributed by atoms with Gasteiger partial charge in [0.05, 0.1) is 5.70 Å². The molecule has 10 N–H and O–H groups in total. The van der Waals surface area contributed by atoms with Crippen molar-refractivity contribution in [2.75, 3.05) is 11.5 Å². The quantitative estimate of drug-likeness (QED) is 0.350. The van der Waals surface area contributed by atoms with Gasteiger partial charge in [-0.15, -0.1) is 0 Å². The van der Waals surface area contributed by atoms with Gasteiger partial charge < -0.3 is 33.7 Å². The molecule has 1 aliphatic heterocycles. The van der Waals surface area contributed by atoms with E-state index in [9.17, 15) is 4.79 Å². The molecule has 2 aromatic rings. The molecule has 1 amide bonds. The summed E-state index contributed by atoms with van der Waals surface area (Å²) in [5.41, 5.74) is 27.6. The zero-order valence-corrected chi connectivity index (χ0v) is 14.8. The molecule has 138 valence electrons. The molecule has 0 saturated heterocycles. The number of amidine groups is 1. The molecule has 8 heteroatoms. The van der Waals surface area contributed by atoms with Crippen molar-refractivity contribution in [2.45, 2.75) is 13.0 Å². The Morgan fingerprint density at radius 3 is 2.48 bits per heavy atom. The molecular weight excluding hydrogens is 342 g/mol. The van der Waals surface area contributed by atoms with E-state index in [1.54, 1.807) is 24.3 Å². The fourth-order valence-electron chi connectivity index (χ4n) is 3.12. The lowest BCUT2D eigenvalue weighted by Crippen LogP contribution is -2.39. The van der Waals surface area contributed by atoms with Gasteiger partial charge in [-0.3, -0.25) is 9.79 Å². The molecular formula is C19H21N7O. The molecule has 0 spiro atoms. The van der Waals surface area contributed by atoms with Gasteiger partial charge in [-0.25, -0.2) is 0 Å². The summed E-state index contributed by atoms with van der Waals surface area (Å²) >= 11 is 0. The zero-order chi connectivity index (χ0) is 19.7. The molecule has 1 unspecified atom stereocenters. The molecule has 0 saturated carbocycles. The van der Waals surface area contributed by atoms with Crippen LogP contribution in [0.3, 0.4) is 0 Å². The van der Waals surface area contributed by atoms with E-state index in [4.69, 9.17) is 28.3 Å². The zero-order valence-electron chi connectivity index (χ0n) is 14.8. The van der Waals surface area contributed by atoms with Gasteiger partial charge in [0.15, 0.2) is 0 Å². The highest BCUT2D eigenvalue weighted by Gasteiger charge is 2.30. The van der Waals surface area contributed by atoms with E-state index in [0.717, 1.165) is 11.8 Å². The largest absolute Gasteiger partial charge is 0.398 e. The van der Waals surface area contributed by atoms with Crippen LogP contribution in [0.15, 0.2) is 52.8 Å². The number of nitrogens with one attached hydrogen (secondary N) is 2. The minimum atomic E-state index is -0.733. The van der Waals surface area contributed by atoms with Gasteiger partial charge in [0.2, 0.25) is 0 Å². The number of nitrogens with two attached hydrogens (primary N) is 4. The van der Waals surface area contributed by atoms with Crippen LogP contribution in [0.1, 0.15) is 28.3 Å². The number of para-hydroxylation sites is 1. The molecule has 0 bridgehead atoms. The second-order valence-corrected chi connectivity index (χ2v) is 6.23. The van der Waals surface area contributed by atoms with Crippen molar-refractivity contribution in [3.05, 3.63) is 70.0 Å². The van der Waals surface area contributed by atoms with E-state index in [1.165, 1.54) is 0 Å². The number of primary amides is 1. The second kappa shape index (κ2) is 6.83. The third-order valence-corrected chi connectivity index (χ3v) is 4.50. The van der Waals surface area contributed by atoms with Gasteiger partial charge >= 0.3 is 0 Å². The number of hydrogen-bond acceptors (Lipinski definition) is 7. The summed E-state index contributed by atoms with van der Waals surface area (Å²) in [5, 5.41) is 10.6. The number of aliphatic imine (C=N–C) groups is 1. The van der Waals surface area contributed by atoms with Crippen LogP contribution in [0.25, 0.3) is 0 Å². The Labute approximate surface area is 156 Å². The van der Waals surface area contributed by atoms with E-state index >= 15 is 0 Å². The van der Waals surface area contributed by atoms with Crippen molar-refractivity contribution >= 4 is 29.3 Å². The molecule has 2 aromatic carbocycles. The van der Waals surface area contributed by atoms with Gasteiger partial charge in [0, 0.05) is 28.7 Å². The minimum Gasteiger partial charge on any atom is -0.398 e. The highest BCUT2D eigenvalue weighted by Crippen LogP contribution is 2.35. The van der Waals surface area contributed by atoms with Crippen LogP contribution in [0.5, 0.6) is 0 Å². The normalized spacial score (nSPS) is 16.5. The third-order valence-electron chi connectivity index (χ3n) is 4.50. The molecule has 8 nitrogen and oxygen atoms in total. The van der Waals surface area contributed by atoms with Crippen LogP contribution in [-0.4, -0.2) is 18.0 Å². The van der Waals surface area contributed by atoms with E-state index < -0.39 is 11.9 Å². The number of benzene rings is 2. The number of nitrogen functional groups attached to an aromatic ring is 2. The highest BCUT2D eigenvalue weighted by molar-refractivity contribution is 6.09. The maximum Gasteiger partial charge on any atom is 0.267 e. The molecule has 27 heavy (non-hydrogen) atoms. The monoisotopic (exact) mass is 363 g/mol. The standard InChI is InChI=1S/C19H21N7O/c1-9-6-7-13(22)11(8-20)14(9)16-15(23)17(18(24)27)26-19(25-16)10-4-2-3-5-12(10)21/h2-8,16,20H,21-23H2,1H3,(H2,24,27)(H,25,26). The average Bonchev–Trinajstić information content (AvgIpc) is 2.64. The molecule has 1 atom stereocenters. The predicted molar refractivity (Wildman–Crippen MR) is 107 cm³/mol. The highest BCUT2D eigenvalue weighted by atomic mass is 16.1. The van der Waals surface area contributed by atoms with Crippen molar-refractivity contribution in [1.29, 1.82) is 5.41 Å². The molecule has 0 fully saturated rings. The van der Waals surface area contributed by atoms with Gasteiger partial charge in [-0.2, -0.15) is 0 Å². The Morgan fingerprint density at radius 1 is 1.15 bits per heavy atom. The number of carbonyl (C=O) groups is 1. The number of hydrogen-bond donors (Lipinski definition) is 6. The number of rotatable bonds is 4. The molecule has 0 aromatic heterocycles. The molecule has 3 rings (SSSR count). The van der Waals surface area contributed by atoms with E-state index in [-0.39, 0.29) is 11.4 Å². The van der Waals surface area contributed by atoms with Crippen LogP contribution >= 0.6 is 0 Å². The van der Waals surface area contributed by atoms with Gasteiger partial charge in [-0.1, -0.05) is 18.2 Å². The van der Waals surface area contributed by atoms with Crippen LogP contribution in [0, 0.1) is 12.3 Å². The number of carbonyl (C=O) groups excluding carboxylic acids is 1. The minimum absolute atomic E-state index is 0.0472. The first-order chi connectivity index (χ1) is 12.8. The SMILES string of the molecule is Cc1ccc(N)c(C=N)c1C1N=C(c2ccccc2N)NC(C(N)=O)=C1N. The van der Waals surface area contributed by atoms with Crippen molar-refractivity contribution in [3.63, 3.8) is 0 Å². The van der Waals surface area contributed by atoms with Gasteiger partial charge in [0.25, 0.3) is 5.91 Å². The van der Waals surface area contributed by atoms with Crippen LogP contribution in [0.2, 0.25) is 0 Å². The van der Waals surface area contributed by atoms with E-state index in [0.29, 0.717) is 33.9 Å². The summed E-state index contributed by atoms with van der Waals surface area (Å²) in [6.07, 6.45) is 1.16. The van der Waals surface area contributed by atoms with Crippen molar-refractivity contribution in [2.24, 2.45) is 16.5 Å². The summed E-state index contributed by atoms with van der Waals surface area (Å²) in [5.74, 6) is -0.337. The van der Waals surface area contributed by atoms with Crippen molar-refractivity contribution in [3.8, 4) is 0 Å². The number of amides is 1. The first-order valence-electron chi connectivity index (χ1n) is 8.23. The Morgan fingerprint density at radius 2 is 1.85 bits per heavy atom. The van der Waals surface area contributed by atoms with Gasteiger partial charge in [0.1, 0.15) is 17.6 Å². The lowest BCUT2D eigenvalue weighted by Gasteiger charge is -2.27. The Balaban J connectivity index is 2.27. The van der Waals surface area contributed by atoms with E-state index in [2.05, 4.69) is 10.3 Å². The van der Waals surface area contributed by atoms with E-state index in [1.807, 2.05) is 19.1 Å². The second-order valence-electron chi connectivity index (χ2n) is 6.23. The van der Waals surface area contributed by atoms with Crippen molar-refractivity contribution < 1.29 is 4.79 Å². The van der Waals surface area contributed by atoms with Crippen molar-refractivity contribution in [1.82, 2.24) is 5.32 Å². The molecule has 1 aliphatic rings. The number of aryl methyl sites for hydroxylation is 1. The molecule has 0 radical (unpaired) electrons. The predicted octanol–water partition coefficient (Wildman–Crippen LogP) is 0.904.